The van der Waals surface area contributed by atoms with Crippen LogP contribution in [0.3, 0.4) is 0 Å². The summed E-state index contributed by atoms with van der Waals surface area (Å²) in [4.78, 5) is 0. The van der Waals surface area contributed by atoms with Gasteiger partial charge in [-0.3, -0.25) is 0 Å². The minimum absolute atomic E-state index is 0.0480. The van der Waals surface area contributed by atoms with Crippen molar-refractivity contribution in [3.63, 3.8) is 0 Å². The van der Waals surface area contributed by atoms with Crippen molar-refractivity contribution in [3.05, 3.63) is 23.8 Å². The lowest BCUT2D eigenvalue weighted by Gasteiger charge is -2.55. The third kappa shape index (κ3) is 1.74. The fraction of sp³-hybridized carbons (Fsp3) is 0.773. The van der Waals surface area contributed by atoms with Crippen LogP contribution in [0.25, 0.3) is 0 Å². The molecule has 4 saturated carbocycles. The van der Waals surface area contributed by atoms with Gasteiger partial charge >= 0.3 is 0 Å². The van der Waals surface area contributed by atoms with E-state index in [1.807, 2.05) is 0 Å². The van der Waals surface area contributed by atoms with Crippen LogP contribution in [0, 0.1) is 40.9 Å². The van der Waals surface area contributed by atoms with Crippen molar-refractivity contribution in [2.75, 3.05) is 6.61 Å². The van der Waals surface area contributed by atoms with E-state index in [1.165, 1.54) is 38.5 Å². The predicted octanol–water partition coefficient (Wildman–Crippen LogP) is 4.57. The molecule has 0 radical (unpaired) electrons. The van der Waals surface area contributed by atoms with Gasteiger partial charge in [0.2, 0.25) is 0 Å². The summed E-state index contributed by atoms with van der Waals surface area (Å²) in [5.74, 6) is 5.08. The molecule has 5 aliphatic carbocycles. The van der Waals surface area contributed by atoms with Crippen molar-refractivity contribution in [3.8, 4) is 0 Å². The van der Waals surface area contributed by atoms with Crippen LogP contribution < -0.4 is 0 Å². The third-order valence-electron chi connectivity index (χ3n) is 9.27. The van der Waals surface area contributed by atoms with Crippen molar-refractivity contribution in [1.29, 1.82) is 0 Å². The number of hydrogen-bond acceptors (Lipinski definition) is 3. The molecule has 0 saturated heterocycles. The molecule has 1 spiro atoms. The van der Waals surface area contributed by atoms with E-state index in [4.69, 9.17) is 4.74 Å². The average Bonchev–Trinajstić information content (AvgIpc) is 3.20. The van der Waals surface area contributed by atoms with Crippen LogP contribution in [0.15, 0.2) is 29.0 Å². The van der Waals surface area contributed by atoms with Gasteiger partial charge in [-0.05, 0) is 86.5 Å². The van der Waals surface area contributed by atoms with E-state index in [0.717, 1.165) is 54.2 Å². The minimum atomic E-state index is 0.0480. The highest BCUT2D eigenvalue weighted by molar-refractivity contribution is 5.96. The molecule has 6 aliphatic rings. The fourth-order valence-corrected chi connectivity index (χ4v) is 8.13. The molecule has 3 unspecified atom stereocenters. The summed E-state index contributed by atoms with van der Waals surface area (Å²) in [6.07, 6.45) is 15.8. The number of allylic oxidation sites excluding steroid dienone is 2. The summed E-state index contributed by atoms with van der Waals surface area (Å²) in [5.41, 5.74) is 2.97. The molecule has 1 heterocycles. The average molecular weight is 339 g/mol. The number of rotatable bonds is 0. The molecule has 134 valence electrons. The molecule has 25 heavy (non-hydrogen) atoms. The van der Waals surface area contributed by atoms with Crippen molar-refractivity contribution in [2.24, 2.45) is 46.1 Å². The summed E-state index contributed by atoms with van der Waals surface area (Å²) in [7, 11) is 0. The number of ether oxygens (including phenoxy) is 1. The lowest BCUT2D eigenvalue weighted by atomic mass is 9.50. The highest BCUT2D eigenvalue weighted by Crippen LogP contribution is 2.72. The Morgan fingerprint density at radius 1 is 1.16 bits per heavy atom. The predicted molar refractivity (Wildman–Crippen MR) is 96.5 cm³/mol. The van der Waals surface area contributed by atoms with Gasteiger partial charge < -0.3 is 9.94 Å². The molecular weight excluding hydrogens is 310 g/mol. The van der Waals surface area contributed by atoms with Crippen molar-refractivity contribution in [2.45, 2.75) is 57.5 Å². The second-order valence-electron chi connectivity index (χ2n) is 9.83. The van der Waals surface area contributed by atoms with E-state index in [0.29, 0.717) is 5.41 Å². The molecular formula is C22H29NO2. The standard InChI is InChI=1S/C22H29NO2/c1-21-8-5-15-14-4-3-13(23-24)11-16(14)17-12-18(17)20(15)19(21)6-9-22(21)7-2-10-25-22/h2,7,11,14-15,17-20,24H,3-6,8-10,12H2,1H3/b23-13+/t14-,15?,17+,18+,19?,20?,21+,22+/m1/s1. The topological polar surface area (TPSA) is 41.8 Å². The number of hydrogen-bond donors (Lipinski definition) is 1. The molecule has 1 N–H and O–H groups in total. The Hall–Kier alpha value is -1.09. The molecule has 6 rings (SSSR count). The van der Waals surface area contributed by atoms with Crippen LogP contribution in [0.5, 0.6) is 0 Å². The largest absolute Gasteiger partial charge is 0.411 e. The van der Waals surface area contributed by atoms with Gasteiger partial charge in [0.1, 0.15) is 0 Å². The Labute approximate surface area is 150 Å². The summed E-state index contributed by atoms with van der Waals surface area (Å²) in [6, 6.07) is 0. The van der Waals surface area contributed by atoms with Gasteiger partial charge in [0.15, 0.2) is 0 Å². The Kier molecular flexibility index (Phi) is 2.88. The normalized spacial score (nSPS) is 57.0. The highest BCUT2D eigenvalue weighted by atomic mass is 16.5. The van der Waals surface area contributed by atoms with Crippen LogP contribution in [0.4, 0.5) is 0 Å². The first kappa shape index (κ1) is 15.0. The first-order chi connectivity index (χ1) is 12.2. The minimum Gasteiger partial charge on any atom is -0.411 e. The molecule has 0 amide bonds. The lowest BCUT2D eigenvalue weighted by molar-refractivity contribution is -0.113. The Bertz CT molecular complexity index is 709. The van der Waals surface area contributed by atoms with Gasteiger partial charge in [0.05, 0.1) is 17.9 Å². The van der Waals surface area contributed by atoms with Gasteiger partial charge in [-0.2, -0.15) is 0 Å². The number of oxime groups is 1. The van der Waals surface area contributed by atoms with Gasteiger partial charge in [-0.25, -0.2) is 0 Å². The zero-order valence-corrected chi connectivity index (χ0v) is 15.2. The maximum Gasteiger partial charge on any atom is 0.0923 e. The molecule has 0 aromatic rings. The molecule has 1 aliphatic heterocycles. The smallest absolute Gasteiger partial charge is 0.0923 e. The lowest BCUT2D eigenvalue weighted by Crippen LogP contribution is -2.52. The molecule has 3 nitrogen and oxygen atoms in total. The van der Waals surface area contributed by atoms with Crippen LogP contribution >= 0.6 is 0 Å². The molecule has 3 heteroatoms. The van der Waals surface area contributed by atoms with Gasteiger partial charge in [-0.1, -0.05) is 29.8 Å². The zero-order valence-electron chi connectivity index (χ0n) is 15.2. The summed E-state index contributed by atoms with van der Waals surface area (Å²) in [5, 5.41) is 12.7. The summed E-state index contributed by atoms with van der Waals surface area (Å²) >= 11 is 0. The third-order valence-corrected chi connectivity index (χ3v) is 9.27. The Morgan fingerprint density at radius 2 is 2.08 bits per heavy atom. The van der Waals surface area contributed by atoms with Crippen molar-refractivity contribution in [1.82, 2.24) is 0 Å². The van der Waals surface area contributed by atoms with Crippen LogP contribution in [-0.2, 0) is 4.74 Å². The quantitative estimate of drug-likeness (QED) is 0.399. The van der Waals surface area contributed by atoms with E-state index in [2.05, 4.69) is 30.3 Å². The highest BCUT2D eigenvalue weighted by Gasteiger charge is 2.68. The summed E-state index contributed by atoms with van der Waals surface area (Å²) in [6.45, 7) is 3.37. The monoisotopic (exact) mass is 339 g/mol. The second kappa shape index (κ2) is 4.79. The van der Waals surface area contributed by atoms with Crippen molar-refractivity contribution < 1.29 is 9.94 Å². The van der Waals surface area contributed by atoms with Gasteiger partial charge in [0, 0.05) is 5.41 Å². The zero-order chi connectivity index (χ0) is 16.8. The van der Waals surface area contributed by atoms with E-state index >= 15 is 0 Å². The Morgan fingerprint density at radius 3 is 2.88 bits per heavy atom. The van der Waals surface area contributed by atoms with E-state index in [1.54, 1.807) is 5.57 Å². The fourth-order valence-electron chi connectivity index (χ4n) is 8.13. The SMILES string of the molecule is C[C@]12CCC3C(C1CC[C@@]21C=CCO1)[C@H]1C[C@H]1C1=C/C(=N/O)CC[C@@H]13. The molecule has 0 bridgehead atoms. The van der Waals surface area contributed by atoms with Crippen LogP contribution in [0.2, 0.25) is 0 Å². The Balaban J connectivity index is 1.37. The summed E-state index contributed by atoms with van der Waals surface area (Å²) < 4.78 is 6.37. The first-order valence-electron chi connectivity index (χ1n) is 10.4. The van der Waals surface area contributed by atoms with Crippen molar-refractivity contribution >= 4 is 5.71 Å². The maximum atomic E-state index is 9.21. The second-order valence-corrected chi connectivity index (χ2v) is 9.83. The van der Waals surface area contributed by atoms with Crippen LogP contribution in [0.1, 0.15) is 51.9 Å². The van der Waals surface area contributed by atoms with E-state index in [9.17, 15) is 5.21 Å². The van der Waals surface area contributed by atoms with Gasteiger partial charge in [-0.15, -0.1) is 0 Å². The van der Waals surface area contributed by atoms with E-state index < -0.39 is 0 Å². The number of fused-ring (bicyclic) bond motifs is 9. The first-order valence-corrected chi connectivity index (χ1v) is 10.4. The molecule has 0 aromatic carbocycles. The maximum absolute atomic E-state index is 9.21. The van der Waals surface area contributed by atoms with Crippen LogP contribution in [-0.4, -0.2) is 23.1 Å². The molecule has 4 fully saturated rings. The number of nitrogens with zero attached hydrogens (tertiary/aromatic N) is 1. The van der Waals surface area contributed by atoms with Gasteiger partial charge in [0.25, 0.3) is 0 Å². The van der Waals surface area contributed by atoms with E-state index in [-0.39, 0.29) is 5.60 Å². The molecule has 0 aromatic heterocycles. The molecule has 8 atom stereocenters.